The van der Waals surface area contributed by atoms with Gasteiger partial charge in [0.2, 0.25) is 5.91 Å². The van der Waals surface area contributed by atoms with E-state index < -0.39 is 17.2 Å². The van der Waals surface area contributed by atoms with E-state index in [2.05, 4.69) is 10.3 Å². The molecule has 0 radical (unpaired) electrons. The standard InChI is InChI=1S/C18H24N4O3S/c1-5-11(4)22-16(24)12-8-6-7-9-13(12)20-18(22)26-14(10(2)3)15(23)21-17(19)25/h6-11,14H,5H2,1-4H3,(H3,19,21,23,25)/t11-,14-/m1/s1. The van der Waals surface area contributed by atoms with Crippen molar-refractivity contribution < 1.29 is 9.59 Å². The highest BCUT2D eigenvalue weighted by molar-refractivity contribution is 8.00. The topological polar surface area (TPSA) is 107 Å². The maximum absolute atomic E-state index is 13.0. The zero-order valence-corrected chi connectivity index (χ0v) is 16.2. The fraction of sp³-hybridized carbons (Fsp3) is 0.444. The Morgan fingerprint density at radius 1 is 1.27 bits per heavy atom. The SMILES string of the molecule is CC[C@@H](C)n1c(S[C@@H](C(=O)NC(N)=O)C(C)C)nc2ccccc2c1=O. The van der Waals surface area contributed by atoms with Crippen molar-refractivity contribution in [2.75, 3.05) is 0 Å². The molecule has 0 aliphatic carbocycles. The van der Waals surface area contributed by atoms with Crippen molar-refractivity contribution in [3.8, 4) is 0 Å². The number of primary amides is 1. The van der Waals surface area contributed by atoms with Gasteiger partial charge in [-0.1, -0.05) is 44.7 Å². The van der Waals surface area contributed by atoms with Crippen LogP contribution in [0.25, 0.3) is 10.9 Å². The molecular formula is C18H24N4O3S. The number of urea groups is 1. The number of nitrogens with one attached hydrogen (secondary N) is 1. The predicted molar refractivity (Wildman–Crippen MR) is 103 cm³/mol. The predicted octanol–water partition coefficient (Wildman–Crippen LogP) is 2.68. The molecule has 26 heavy (non-hydrogen) atoms. The van der Waals surface area contributed by atoms with E-state index in [1.54, 1.807) is 22.8 Å². The first kappa shape index (κ1) is 20.0. The quantitative estimate of drug-likeness (QED) is 0.595. The Hall–Kier alpha value is -2.35. The van der Waals surface area contributed by atoms with Crippen LogP contribution in [0, 0.1) is 5.92 Å². The average Bonchev–Trinajstić information content (AvgIpc) is 2.58. The number of aromatic nitrogens is 2. The van der Waals surface area contributed by atoms with E-state index in [0.29, 0.717) is 16.1 Å². The smallest absolute Gasteiger partial charge is 0.318 e. The summed E-state index contributed by atoms with van der Waals surface area (Å²) in [5.74, 6) is -0.580. The molecule has 140 valence electrons. The summed E-state index contributed by atoms with van der Waals surface area (Å²) in [6, 6.07) is 6.17. The molecule has 1 aromatic heterocycles. The molecule has 0 saturated heterocycles. The molecular weight excluding hydrogens is 352 g/mol. The number of thioether (sulfide) groups is 1. The van der Waals surface area contributed by atoms with Crippen LogP contribution in [0.3, 0.4) is 0 Å². The number of hydrogen-bond donors (Lipinski definition) is 2. The van der Waals surface area contributed by atoms with E-state index in [-0.39, 0.29) is 17.5 Å². The first-order valence-electron chi connectivity index (χ1n) is 8.54. The maximum Gasteiger partial charge on any atom is 0.318 e. The van der Waals surface area contributed by atoms with Crippen LogP contribution in [0.2, 0.25) is 0 Å². The van der Waals surface area contributed by atoms with E-state index in [0.717, 1.165) is 6.42 Å². The molecule has 2 rings (SSSR count). The molecule has 0 spiro atoms. The van der Waals surface area contributed by atoms with Crippen molar-refractivity contribution >= 4 is 34.6 Å². The summed E-state index contributed by atoms with van der Waals surface area (Å²) in [5, 5.41) is 2.52. The Balaban J connectivity index is 2.57. The summed E-state index contributed by atoms with van der Waals surface area (Å²) in [5.41, 5.74) is 5.52. The van der Waals surface area contributed by atoms with Gasteiger partial charge in [-0.2, -0.15) is 0 Å². The number of benzene rings is 1. The highest BCUT2D eigenvalue weighted by atomic mass is 32.2. The van der Waals surface area contributed by atoms with Crippen LogP contribution >= 0.6 is 11.8 Å². The molecule has 0 saturated carbocycles. The molecule has 0 fully saturated rings. The van der Waals surface area contributed by atoms with E-state index >= 15 is 0 Å². The number of imide groups is 1. The molecule has 3 amide bonds. The van der Waals surface area contributed by atoms with Gasteiger partial charge in [-0.15, -0.1) is 0 Å². The van der Waals surface area contributed by atoms with Gasteiger partial charge in [-0.05, 0) is 31.4 Å². The monoisotopic (exact) mass is 376 g/mol. The fourth-order valence-electron chi connectivity index (χ4n) is 2.58. The van der Waals surface area contributed by atoms with Gasteiger partial charge in [0.1, 0.15) is 0 Å². The van der Waals surface area contributed by atoms with Crippen LogP contribution in [0.4, 0.5) is 4.79 Å². The molecule has 8 heteroatoms. The summed E-state index contributed by atoms with van der Waals surface area (Å²) in [6.45, 7) is 7.66. The summed E-state index contributed by atoms with van der Waals surface area (Å²) in [7, 11) is 0. The number of fused-ring (bicyclic) bond motifs is 1. The summed E-state index contributed by atoms with van der Waals surface area (Å²) in [4.78, 5) is 41.0. The largest absolute Gasteiger partial charge is 0.351 e. The number of carbonyl (C=O) groups excluding carboxylic acids is 2. The van der Waals surface area contributed by atoms with E-state index in [1.807, 2.05) is 33.8 Å². The van der Waals surface area contributed by atoms with Gasteiger partial charge < -0.3 is 5.73 Å². The van der Waals surface area contributed by atoms with Gasteiger partial charge in [0.15, 0.2) is 5.16 Å². The van der Waals surface area contributed by atoms with Gasteiger partial charge >= 0.3 is 6.03 Å². The van der Waals surface area contributed by atoms with Crippen molar-refractivity contribution in [1.29, 1.82) is 0 Å². The average molecular weight is 376 g/mol. The number of hydrogen-bond acceptors (Lipinski definition) is 5. The molecule has 7 nitrogen and oxygen atoms in total. The molecule has 2 aromatic rings. The highest BCUT2D eigenvalue weighted by Gasteiger charge is 2.28. The normalized spacial score (nSPS) is 13.6. The third-order valence-corrected chi connectivity index (χ3v) is 5.66. The molecule has 1 heterocycles. The second-order valence-corrected chi connectivity index (χ2v) is 7.59. The van der Waals surface area contributed by atoms with Crippen LogP contribution in [0.1, 0.15) is 40.2 Å². The second-order valence-electron chi connectivity index (χ2n) is 6.48. The Labute approximate surface area is 156 Å². The lowest BCUT2D eigenvalue weighted by atomic mass is 10.1. The van der Waals surface area contributed by atoms with Crippen LogP contribution < -0.4 is 16.6 Å². The van der Waals surface area contributed by atoms with Gasteiger partial charge in [-0.25, -0.2) is 9.78 Å². The zero-order valence-electron chi connectivity index (χ0n) is 15.4. The Morgan fingerprint density at radius 2 is 1.92 bits per heavy atom. The second kappa shape index (κ2) is 8.35. The van der Waals surface area contributed by atoms with Gasteiger partial charge in [0.05, 0.1) is 16.2 Å². The van der Waals surface area contributed by atoms with Crippen LogP contribution in [-0.2, 0) is 4.79 Å². The Kier molecular flexibility index (Phi) is 6.42. The van der Waals surface area contributed by atoms with Gasteiger partial charge in [0.25, 0.3) is 5.56 Å². The van der Waals surface area contributed by atoms with Gasteiger partial charge in [0, 0.05) is 6.04 Å². The molecule has 0 aliphatic rings. The first-order valence-corrected chi connectivity index (χ1v) is 9.42. The summed E-state index contributed by atoms with van der Waals surface area (Å²) in [6.07, 6.45) is 0.743. The third kappa shape index (κ3) is 4.24. The Bertz CT molecular complexity index is 878. The number of nitrogens with zero attached hydrogens (tertiary/aromatic N) is 2. The number of para-hydroxylation sites is 1. The van der Waals surface area contributed by atoms with Crippen LogP contribution in [0.15, 0.2) is 34.2 Å². The number of rotatable bonds is 6. The molecule has 0 aliphatic heterocycles. The molecule has 0 unspecified atom stereocenters. The summed E-state index contributed by atoms with van der Waals surface area (Å²) < 4.78 is 1.62. The minimum absolute atomic E-state index is 0.0749. The third-order valence-electron chi connectivity index (χ3n) is 4.15. The van der Waals surface area contributed by atoms with E-state index in [4.69, 9.17) is 5.73 Å². The molecule has 2 atom stereocenters. The molecule has 0 bridgehead atoms. The van der Waals surface area contributed by atoms with E-state index in [1.165, 1.54) is 11.8 Å². The van der Waals surface area contributed by atoms with Crippen molar-refractivity contribution in [2.24, 2.45) is 11.7 Å². The van der Waals surface area contributed by atoms with Crippen molar-refractivity contribution in [1.82, 2.24) is 14.9 Å². The van der Waals surface area contributed by atoms with Crippen molar-refractivity contribution in [3.63, 3.8) is 0 Å². The maximum atomic E-state index is 13.0. The lowest BCUT2D eigenvalue weighted by Crippen LogP contribution is -2.42. The zero-order chi connectivity index (χ0) is 19.4. The van der Waals surface area contributed by atoms with E-state index in [9.17, 15) is 14.4 Å². The van der Waals surface area contributed by atoms with Crippen LogP contribution in [-0.4, -0.2) is 26.7 Å². The first-order chi connectivity index (χ1) is 12.3. The minimum Gasteiger partial charge on any atom is -0.351 e. The highest BCUT2D eigenvalue weighted by Crippen LogP contribution is 2.29. The minimum atomic E-state index is -0.896. The molecule has 1 aromatic carbocycles. The van der Waals surface area contributed by atoms with Crippen molar-refractivity contribution in [2.45, 2.75) is 50.6 Å². The fourth-order valence-corrected chi connectivity index (χ4v) is 3.77. The summed E-state index contributed by atoms with van der Waals surface area (Å²) >= 11 is 1.18. The van der Waals surface area contributed by atoms with Crippen LogP contribution in [0.5, 0.6) is 0 Å². The molecule has 3 N–H and O–H groups in total. The van der Waals surface area contributed by atoms with Gasteiger partial charge in [-0.3, -0.25) is 19.5 Å². The Morgan fingerprint density at radius 3 is 2.50 bits per heavy atom. The number of amides is 3. The number of nitrogens with two attached hydrogens (primary N) is 1. The number of carbonyl (C=O) groups is 2. The van der Waals surface area contributed by atoms with Crippen molar-refractivity contribution in [3.05, 3.63) is 34.6 Å². The lowest BCUT2D eigenvalue weighted by Gasteiger charge is -2.23. The lowest BCUT2D eigenvalue weighted by molar-refractivity contribution is -0.120.